The number of methoxy groups -OCH3 is 3. The minimum absolute atomic E-state index is 0.0126. The van der Waals surface area contributed by atoms with Crippen molar-refractivity contribution in [2.75, 3.05) is 86.8 Å². The van der Waals surface area contributed by atoms with Crippen molar-refractivity contribution in [1.29, 1.82) is 0 Å². The highest BCUT2D eigenvalue weighted by molar-refractivity contribution is 6.39. The van der Waals surface area contributed by atoms with E-state index in [4.69, 9.17) is 28.4 Å². The summed E-state index contributed by atoms with van der Waals surface area (Å²) >= 11 is 0. The third-order valence-electron chi connectivity index (χ3n) is 17.2. The summed E-state index contributed by atoms with van der Waals surface area (Å²) in [6, 6.07) is -1.18. The number of ketones is 2. The lowest BCUT2D eigenvalue weighted by Crippen LogP contribution is -2.64. The van der Waals surface area contributed by atoms with Crippen molar-refractivity contribution in [3.8, 4) is 0 Å². The van der Waals surface area contributed by atoms with Crippen LogP contribution in [0.3, 0.4) is 0 Å². The average molecular weight is 1050 g/mol. The Labute approximate surface area is 440 Å². The van der Waals surface area contributed by atoms with E-state index in [9.17, 15) is 39.3 Å². The SMILES string of the molecule is CO[C@H]1C[C@@H](C)C/C(C)=C/[C@@H](CCCCO)C(=O)C[C@H](O)[C@@H](C)[C@@H](/C(C)=C/[C@@H]2CC[C@@H](OC(=O)N3CCN(CCN4CCCC4)CC3)[C@H](OC)C2)OC(=O)[C@@H]2CCCCN2C(=O)C(=O)[C@]2(O)O[C@H]1[C@@H](OC)C[C@H]2C. The molecule has 5 aliphatic heterocycles. The van der Waals surface area contributed by atoms with Crippen LogP contribution in [0.4, 0.5) is 4.79 Å². The van der Waals surface area contributed by atoms with E-state index in [0.717, 1.165) is 31.8 Å². The molecule has 18 heteroatoms. The van der Waals surface area contributed by atoms with Gasteiger partial charge in [0.2, 0.25) is 5.79 Å². The van der Waals surface area contributed by atoms with Gasteiger partial charge in [0, 0.05) is 97.9 Å². The fourth-order valence-electron chi connectivity index (χ4n) is 12.5. The number of aliphatic hydroxyl groups excluding tert-OH is 2. The number of hydrogen-bond acceptors (Lipinski definition) is 16. The number of amides is 2. The van der Waals surface area contributed by atoms with Crippen LogP contribution in [0, 0.1) is 29.6 Å². The molecule has 18 nitrogen and oxygen atoms in total. The molecule has 5 fully saturated rings. The van der Waals surface area contributed by atoms with Crippen molar-refractivity contribution in [2.45, 2.75) is 185 Å². The molecule has 0 aromatic rings. The molecule has 14 atom stereocenters. The molecule has 1 saturated carbocycles. The highest BCUT2D eigenvalue weighted by Crippen LogP contribution is 2.40. The zero-order valence-electron chi connectivity index (χ0n) is 46.0. The van der Waals surface area contributed by atoms with Gasteiger partial charge in [-0.3, -0.25) is 19.3 Å². The number of rotatable bonds is 13. The number of fused-ring (bicyclic) bond motifs is 3. The van der Waals surface area contributed by atoms with E-state index < -0.39 is 90.0 Å². The zero-order valence-corrected chi connectivity index (χ0v) is 46.0. The van der Waals surface area contributed by atoms with Gasteiger partial charge in [-0.1, -0.05) is 44.9 Å². The first-order chi connectivity index (χ1) is 35.4. The molecule has 2 bridgehead atoms. The smallest absolute Gasteiger partial charge is 0.410 e. The number of cyclic esters (lactones) is 1. The summed E-state index contributed by atoms with van der Waals surface area (Å²) in [5.74, 6) is -8.03. The number of esters is 1. The summed E-state index contributed by atoms with van der Waals surface area (Å²) in [4.78, 5) is 79.3. The second kappa shape index (κ2) is 28.3. The summed E-state index contributed by atoms with van der Waals surface area (Å²) in [6.07, 6.45) is 6.40. The van der Waals surface area contributed by atoms with Crippen LogP contribution < -0.4 is 0 Å². The summed E-state index contributed by atoms with van der Waals surface area (Å²) in [5.41, 5.74) is 1.58. The molecule has 0 unspecified atom stereocenters. The molecule has 4 saturated heterocycles. The third kappa shape index (κ3) is 15.4. The Kier molecular flexibility index (Phi) is 22.9. The molecule has 0 radical (unpaired) electrons. The van der Waals surface area contributed by atoms with E-state index in [1.165, 1.54) is 45.1 Å². The van der Waals surface area contributed by atoms with Crippen molar-refractivity contribution in [1.82, 2.24) is 19.6 Å². The number of Topliss-reactive ketones (excluding diaryl/α,β-unsaturated/α-hetero) is 2. The van der Waals surface area contributed by atoms with E-state index >= 15 is 0 Å². The number of nitrogens with zero attached hydrogens (tertiary/aromatic N) is 4. The van der Waals surface area contributed by atoms with Crippen molar-refractivity contribution in [3.63, 3.8) is 0 Å². The van der Waals surface area contributed by atoms with Gasteiger partial charge in [-0.25, -0.2) is 9.59 Å². The zero-order chi connectivity index (χ0) is 53.7. The van der Waals surface area contributed by atoms with E-state index in [1.807, 2.05) is 32.9 Å². The Bertz CT molecular complexity index is 1920. The fourth-order valence-corrected chi connectivity index (χ4v) is 12.5. The third-order valence-corrected chi connectivity index (χ3v) is 17.2. The molecule has 0 aromatic carbocycles. The second-order valence-electron chi connectivity index (χ2n) is 22.7. The lowest BCUT2D eigenvalue weighted by molar-refractivity contribution is -0.302. The van der Waals surface area contributed by atoms with Crippen molar-refractivity contribution in [3.05, 3.63) is 23.3 Å². The Morgan fingerprint density at radius 1 is 0.797 bits per heavy atom. The van der Waals surface area contributed by atoms with Crippen LogP contribution in [0.15, 0.2) is 23.3 Å². The predicted octanol–water partition coefficient (Wildman–Crippen LogP) is 5.08. The standard InChI is InChI=1S/C56H92N4O14/c1-36-29-37(2)31-48(70-7)51-49(71-8)33-39(4)56(68,74-51)52(64)53(65)60-21-11-9-16-43(60)54(66)73-50(40(5)44(62)35-45(63)42(30-36)15-10-14-28-61)38(3)32-41-17-18-46(47(34-41)69-6)72-55(67)59-26-24-58(25-27-59)23-22-57-19-12-13-20-57/h30,32,37,39-44,46-51,61-62,68H,9-29,31,33-35H2,1-8H3/b36-30+,38-32+/t37-,39+,40+,41-,42+,43-,44-,46+,47+,48-,49-,50+,51+,56+/m0/s1. The summed E-state index contributed by atoms with van der Waals surface area (Å²) in [7, 11) is 4.66. The number of likely N-dealkylation sites (tertiary alicyclic amines) is 1. The minimum atomic E-state index is -2.54. The molecule has 74 heavy (non-hydrogen) atoms. The number of allylic oxidation sites excluding steroid dienone is 3. The maximum atomic E-state index is 14.7. The van der Waals surface area contributed by atoms with Gasteiger partial charge in [0.05, 0.1) is 24.4 Å². The first-order valence-corrected chi connectivity index (χ1v) is 28.0. The van der Waals surface area contributed by atoms with Crippen LogP contribution in [0.5, 0.6) is 0 Å². The highest BCUT2D eigenvalue weighted by atomic mass is 16.7. The van der Waals surface area contributed by atoms with Gasteiger partial charge in [-0.2, -0.15) is 0 Å². The van der Waals surface area contributed by atoms with Gasteiger partial charge in [-0.15, -0.1) is 0 Å². The molecule has 420 valence electrons. The number of piperazine rings is 1. The van der Waals surface area contributed by atoms with Gasteiger partial charge >= 0.3 is 12.1 Å². The molecule has 5 heterocycles. The number of unbranched alkanes of at least 4 members (excludes halogenated alkanes) is 1. The van der Waals surface area contributed by atoms with Crippen LogP contribution in [0.1, 0.15) is 131 Å². The van der Waals surface area contributed by atoms with E-state index in [0.29, 0.717) is 82.9 Å². The van der Waals surface area contributed by atoms with Crippen LogP contribution in [-0.4, -0.2) is 206 Å². The van der Waals surface area contributed by atoms with E-state index in [1.54, 1.807) is 25.9 Å². The van der Waals surface area contributed by atoms with Crippen molar-refractivity contribution >= 4 is 29.5 Å². The Morgan fingerprint density at radius 2 is 1.45 bits per heavy atom. The Morgan fingerprint density at radius 3 is 2.11 bits per heavy atom. The van der Waals surface area contributed by atoms with Crippen molar-refractivity contribution < 1.29 is 67.7 Å². The number of piperidine rings is 1. The largest absolute Gasteiger partial charge is 0.456 e. The molecule has 2 amide bonds. The van der Waals surface area contributed by atoms with Gasteiger partial charge in [-0.05, 0) is 128 Å². The normalized spacial score (nSPS) is 37.1. The summed E-state index contributed by atoms with van der Waals surface area (Å²) in [5, 5.41) is 33.9. The Hall–Kier alpha value is -3.33. The number of ether oxygens (including phenoxy) is 6. The molecule has 1 aliphatic carbocycles. The lowest BCUT2D eigenvalue weighted by atomic mass is 9.81. The predicted molar refractivity (Wildman–Crippen MR) is 277 cm³/mol. The summed E-state index contributed by atoms with van der Waals surface area (Å²) < 4.78 is 36.7. The van der Waals surface area contributed by atoms with Crippen LogP contribution in [0.2, 0.25) is 0 Å². The highest BCUT2D eigenvalue weighted by Gasteiger charge is 2.57. The number of carbonyl (C=O) groups excluding carboxylic acids is 5. The first kappa shape index (κ1) is 59.9. The maximum Gasteiger partial charge on any atom is 0.410 e. The van der Waals surface area contributed by atoms with Crippen LogP contribution in [0.25, 0.3) is 0 Å². The van der Waals surface area contributed by atoms with E-state index in [2.05, 4.69) is 9.80 Å². The molecule has 0 aromatic heterocycles. The van der Waals surface area contributed by atoms with Gasteiger partial charge in [0.25, 0.3) is 11.7 Å². The monoisotopic (exact) mass is 1040 g/mol. The molecular weight excluding hydrogens is 953 g/mol. The Balaban J connectivity index is 1.24. The van der Waals surface area contributed by atoms with Gasteiger partial charge < -0.3 is 58.4 Å². The summed E-state index contributed by atoms with van der Waals surface area (Å²) in [6.45, 7) is 16.5. The average Bonchev–Trinajstić information content (AvgIpc) is 3.92. The van der Waals surface area contributed by atoms with Crippen molar-refractivity contribution in [2.24, 2.45) is 29.6 Å². The molecule has 0 spiro atoms. The van der Waals surface area contributed by atoms with Gasteiger partial charge in [0.1, 0.15) is 30.1 Å². The minimum Gasteiger partial charge on any atom is -0.456 e. The van der Waals surface area contributed by atoms with Crippen LogP contribution >= 0.6 is 0 Å². The first-order valence-electron chi connectivity index (χ1n) is 28.0. The quantitative estimate of drug-likeness (QED) is 0.0949. The lowest BCUT2D eigenvalue weighted by Gasteiger charge is -2.47. The molecule has 6 rings (SSSR count). The van der Waals surface area contributed by atoms with Gasteiger partial charge in [0.15, 0.2) is 0 Å². The topological polar surface area (TPSA) is 214 Å². The van der Waals surface area contributed by atoms with E-state index in [-0.39, 0.29) is 56.1 Å². The number of aliphatic hydroxyl groups is 3. The molecule has 3 N–H and O–H groups in total. The maximum absolute atomic E-state index is 14.7. The second-order valence-corrected chi connectivity index (χ2v) is 22.7. The van der Waals surface area contributed by atoms with Crippen LogP contribution in [-0.2, 0) is 47.6 Å². The molecular formula is C56H92N4O14. The fraction of sp³-hybridized carbons (Fsp3) is 0.839. The number of hydrogen-bond donors (Lipinski definition) is 3. The molecule has 6 aliphatic rings. The number of carbonyl (C=O) groups is 5.